The highest BCUT2D eigenvalue weighted by Crippen LogP contribution is 2.31. The van der Waals surface area contributed by atoms with Crippen LogP contribution in [0.25, 0.3) is 26.0 Å². The Morgan fingerprint density at radius 3 is 2.40 bits per heavy atom. The summed E-state index contributed by atoms with van der Waals surface area (Å²) in [6.45, 7) is -0.271. The molecule has 2 heterocycles. The molecule has 0 bridgehead atoms. The van der Waals surface area contributed by atoms with Gasteiger partial charge in [-0.15, -0.1) is 11.3 Å². The minimum absolute atomic E-state index is 0.271. The van der Waals surface area contributed by atoms with Crippen LogP contribution in [-0.4, -0.2) is 29.3 Å². The van der Waals surface area contributed by atoms with Gasteiger partial charge in [-0.25, -0.2) is 9.36 Å². The van der Waals surface area contributed by atoms with Gasteiger partial charge in [-0.2, -0.15) is 0 Å². The lowest BCUT2D eigenvalue weighted by Crippen LogP contribution is -2.40. The number of fused-ring (bicyclic) bond motifs is 3. The van der Waals surface area contributed by atoms with Gasteiger partial charge in [-0.05, 0) is 42.5 Å². The number of rotatable bonds is 6. The third-order valence-electron chi connectivity index (χ3n) is 5.65. The Bertz CT molecular complexity index is 1680. The largest absolute Gasteiger partial charge is 0.497 e. The van der Waals surface area contributed by atoms with Gasteiger partial charge in [0.2, 0.25) is 5.91 Å². The number of nitrogens with zero attached hydrogens (tertiary/aromatic N) is 2. The van der Waals surface area contributed by atoms with Crippen molar-refractivity contribution in [1.29, 1.82) is 0 Å². The summed E-state index contributed by atoms with van der Waals surface area (Å²) in [5.41, 5.74) is 0.333. The van der Waals surface area contributed by atoms with Crippen LogP contribution < -0.4 is 26.0 Å². The van der Waals surface area contributed by atoms with Crippen LogP contribution in [0.3, 0.4) is 0 Å². The molecule has 8 nitrogen and oxygen atoms in total. The van der Waals surface area contributed by atoms with Crippen LogP contribution in [0.2, 0.25) is 0 Å². The van der Waals surface area contributed by atoms with Gasteiger partial charge >= 0.3 is 5.69 Å². The van der Waals surface area contributed by atoms with E-state index in [4.69, 9.17) is 9.47 Å². The first-order valence-electron chi connectivity index (χ1n) is 10.8. The molecule has 0 spiro atoms. The molecule has 0 aliphatic heterocycles. The van der Waals surface area contributed by atoms with Crippen molar-refractivity contribution in [2.75, 3.05) is 19.5 Å². The summed E-state index contributed by atoms with van der Waals surface area (Å²) in [4.78, 5) is 40.2. The van der Waals surface area contributed by atoms with E-state index < -0.39 is 17.2 Å². The summed E-state index contributed by atoms with van der Waals surface area (Å²) in [5, 5.41) is 3.55. The number of benzene rings is 3. The van der Waals surface area contributed by atoms with Crippen LogP contribution in [0.4, 0.5) is 5.69 Å². The molecule has 0 atom stereocenters. The molecular weight excluding hydrogens is 466 g/mol. The third kappa shape index (κ3) is 4.06. The maximum absolute atomic E-state index is 13.7. The fraction of sp³-hybridized carbons (Fsp3) is 0.115. The van der Waals surface area contributed by atoms with Gasteiger partial charge in [0, 0.05) is 21.8 Å². The maximum Gasteiger partial charge on any atom is 0.336 e. The predicted molar refractivity (Wildman–Crippen MR) is 137 cm³/mol. The van der Waals surface area contributed by atoms with Crippen LogP contribution in [0.1, 0.15) is 0 Å². The van der Waals surface area contributed by atoms with Crippen molar-refractivity contribution in [3.8, 4) is 17.2 Å². The van der Waals surface area contributed by atoms with Crippen LogP contribution in [0, 0.1) is 0 Å². The Labute approximate surface area is 203 Å². The van der Waals surface area contributed by atoms with E-state index in [1.165, 1.54) is 23.0 Å². The number of nitrogens with one attached hydrogen (secondary N) is 1. The van der Waals surface area contributed by atoms with Gasteiger partial charge in [-0.3, -0.25) is 14.2 Å². The van der Waals surface area contributed by atoms with Crippen LogP contribution in [-0.2, 0) is 11.3 Å². The van der Waals surface area contributed by atoms with Crippen LogP contribution in [0.5, 0.6) is 11.5 Å². The van der Waals surface area contributed by atoms with Crippen molar-refractivity contribution in [3.05, 3.63) is 93.6 Å². The summed E-state index contributed by atoms with van der Waals surface area (Å²) in [6, 6.07) is 21.1. The van der Waals surface area contributed by atoms with Crippen molar-refractivity contribution >= 4 is 43.2 Å². The highest BCUT2D eigenvalue weighted by molar-refractivity contribution is 7.25. The molecular formula is C26H21N3O5S. The molecule has 0 saturated heterocycles. The minimum Gasteiger partial charge on any atom is -0.497 e. The monoisotopic (exact) mass is 487 g/mol. The smallest absolute Gasteiger partial charge is 0.336 e. The van der Waals surface area contributed by atoms with Gasteiger partial charge in [-0.1, -0.05) is 24.3 Å². The predicted octanol–water partition coefficient (Wildman–Crippen LogP) is 4.02. The number of anilines is 1. The lowest BCUT2D eigenvalue weighted by Gasteiger charge is -2.13. The number of hydrogen-bond donors (Lipinski definition) is 1. The highest BCUT2D eigenvalue weighted by Gasteiger charge is 2.21. The zero-order valence-corrected chi connectivity index (χ0v) is 19.8. The van der Waals surface area contributed by atoms with Gasteiger partial charge < -0.3 is 14.8 Å². The van der Waals surface area contributed by atoms with Gasteiger partial charge in [0.25, 0.3) is 5.56 Å². The zero-order chi connectivity index (χ0) is 24.5. The fourth-order valence-corrected chi connectivity index (χ4v) is 5.13. The number of amides is 1. The minimum atomic E-state index is -0.607. The van der Waals surface area contributed by atoms with Crippen molar-refractivity contribution in [2.45, 2.75) is 6.54 Å². The van der Waals surface area contributed by atoms with E-state index in [-0.39, 0.29) is 6.54 Å². The standard InChI is InChI=1S/C26H21N3O5S/c1-33-18-12-10-16(11-13-18)27-22(30)15-28-23-20-8-3-4-9-21(20)35-24(23)25(31)29(26(28)32)17-6-5-7-19(14-17)34-2/h3-14H,15H2,1-2H3,(H,27,30). The summed E-state index contributed by atoms with van der Waals surface area (Å²) in [7, 11) is 3.08. The SMILES string of the molecule is COc1ccc(NC(=O)Cn2c(=O)n(-c3cccc(OC)c3)c(=O)c3sc4ccccc4c32)cc1. The highest BCUT2D eigenvalue weighted by atomic mass is 32.1. The average molecular weight is 488 g/mol. The molecule has 1 amide bonds. The van der Waals surface area contributed by atoms with Crippen LogP contribution >= 0.6 is 11.3 Å². The normalized spacial score (nSPS) is 11.0. The Morgan fingerprint density at radius 1 is 0.914 bits per heavy atom. The van der Waals surface area contributed by atoms with E-state index in [0.717, 1.165) is 14.7 Å². The van der Waals surface area contributed by atoms with E-state index in [2.05, 4.69) is 5.32 Å². The van der Waals surface area contributed by atoms with Crippen molar-refractivity contribution < 1.29 is 14.3 Å². The molecule has 0 aliphatic rings. The number of methoxy groups -OCH3 is 2. The molecule has 5 aromatic rings. The number of carbonyl (C=O) groups is 1. The number of aromatic nitrogens is 2. The maximum atomic E-state index is 13.7. The third-order valence-corrected chi connectivity index (χ3v) is 6.79. The summed E-state index contributed by atoms with van der Waals surface area (Å²) < 4.78 is 14.1. The van der Waals surface area contributed by atoms with Gasteiger partial charge in [0.15, 0.2) is 0 Å². The average Bonchev–Trinajstić information content (AvgIpc) is 3.27. The number of ether oxygens (including phenoxy) is 2. The van der Waals surface area contributed by atoms with Gasteiger partial charge in [0.05, 0.1) is 25.4 Å². The summed E-state index contributed by atoms with van der Waals surface area (Å²) >= 11 is 1.30. The first kappa shape index (κ1) is 22.4. The molecule has 176 valence electrons. The zero-order valence-electron chi connectivity index (χ0n) is 19.0. The van der Waals surface area contributed by atoms with E-state index >= 15 is 0 Å². The van der Waals surface area contributed by atoms with E-state index in [9.17, 15) is 14.4 Å². The second-order valence-electron chi connectivity index (χ2n) is 7.76. The molecule has 0 aliphatic carbocycles. The van der Waals surface area contributed by atoms with Crippen molar-refractivity contribution in [2.24, 2.45) is 0 Å². The fourth-order valence-electron chi connectivity index (χ4n) is 3.99. The quantitative estimate of drug-likeness (QED) is 0.391. The van der Waals surface area contributed by atoms with E-state index in [1.807, 2.05) is 24.3 Å². The molecule has 0 saturated carbocycles. The second kappa shape index (κ2) is 9.11. The van der Waals surface area contributed by atoms with E-state index in [0.29, 0.717) is 33.1 Å². The van der Waals surface area contributed by atoms with Crippen LogP contribution in [0.15, 0.2) is 82.4 Å². The number of hydrogen-bond acceptors (Lipinski definition) is 6. The topological polar surface area (TPSA) is 91.6 Å². The molecule has 1 N–H and O–H groups in total. The molecule has 9 heteroatoms. The van der Waals surface area contributed by atoms with Crippen molar-refractivity contribution in [1.82, 2.24) is 9.13 Å². The lowest BCUT2D eigenvalue weighted by atomic mass is 10.2. The number of thiophene rings is 1. The van der Waals surface area contributed by atoms with Gasteiger partial charge in [0.1, 0.15) is 22.7 Å². The van der Waals surface area contributed by atoms with Crippen molar-refractivity contribution in [3.63, 3.8) is 0 Å². The van der Waals surface area contributed by atoms with E-state index in [1.54, 1.807) is 55.6 Å². The molecule has 3 aromatic carbocycles. The molecule has 0 fully saturated rings. The second-order valence-corrected chi connectivity index (χ2v) is 8.82. The molecule has 35 heavy (non-hydrogen) atoms. The molecule has 0 radical (unpaired) electrons. The number of carbonyl (C=O) groups excluding carboxylic acids is 1. The molecule has 2 aromatic heterocycles. The Morgan fingerprint density at radius 2 is 1.66 bits per heavy atom. The Hall–Kier alpha value is -4.37. The lowest BCUT2D eigenvalue weighted by molar-refractivity contribution is -0.116. The molecule has 5 rings (SSSR count). The Balaban J connectivity index is 1.68. The molecule has 0 unspecified atom stereocenters. The first-order chi connectivity index (χ1) is 17.0. The summed E-state index contributed by atoms with van der Waals surface area (Å²) in [5.74, 6) is 0.773. The Kier molecular flexibility index (Phi) is 5.84. The summed E-state index contributed by atoms with van der Waals surface area (Å²) in [6.07, 6.45) is 0. The first-order valence-corrected chi connectivity index (χ1v) is 11.6.